The third-order valence-corrected chi connectivity index (χ3v) is 5.10. The fraction of sp³-hybridized carbons (Fsp3) is 0.467. The van der Waals surface area contributed by atoms with Crippen molar-refractivity contribution in [3.05, 3.63) is 34.7 Å². The van der Waals surface area contributed by atoms with Crippen LogP contribution >= 0.6 is 0 Å². The Kier molecular flexibility index (Phi) is 5.79. The van der Waals surface area contributed by atoms with Crippen LogP contribution in [0.1, 0.15) is 13.3 Å². The van der Waals surface area contributed by atoms with Gasteiger partial charge in [0.15, 0.2) is 5.82 Å². The second-order valence-corrected chi connectivity index (χ2v) is 7.26. The molecule has 0 amide bonds. The maximum absolute atomic E-state index is 12.2. The van der Waals surface area contributed by atoms with Crippen molar-refractivity contribution in [2.45, 2.75) is 19.9 Å². The number of nitrogens with one attached hydrogen (secondary N) is 1. The molecule has 0 radical (unpaired) electrons. The van der Waals surface area contributed by atoms with E-state index < -0.39 is 10.0 Å². The van der Waals surface area contributed by atoms with Gasteiger partial charge in [-0.3, -0.25) is 4.57 Å². The predicted octanol–water partition coefficient (Wildman–Crippen LogP) is 0.587. The van der Waals surface area contributed by atoms with Gasteiger partial charge in [-0.2, -0.15) is 0 Å². The van der Waals surface area contributed by atoms with Crippen molar-refractivity contribution in [3.8, 4) is 17.1 Å². The molecule has 1 aromatic carbocycles. The molecule has 0 aliphatic heterocycles. The molecule has 0 saturated heterocycles. The van der Waals surface area contributed by atoms with Crippen LogP contribution in [0.25, 0.3) is 11.4 Å². The van der Waals surface area contributed by atoms with Gasteiger partial charge in [0.1, 0.15) is 5.75 Å². The van der Waals surface area contributed by atoms with Crippen LogP contribution in [0.4, 0.5) is 0 Å². The smallest absolute Gasteiger partial charge is 0.345 e. The van der Waals surface area contributed by atoms with E-state index in [4.69, 9.17) is 4.74 Å². The molecule has 9 heteroatoms. The van der Waals surface area contributed by atoms with Crippen LogP contribution in [0, 0.1) is 0 Å². The highest BCUT2D eigenvalue weighted by Crippen LogP contribution is 2.19. The van der Waals surface area contributed by atoms with Gasteiger partial charge in [0, 0.05) is 19.2 Å². The average molecular weight is 354 g/mol. The third kappa shape index (κ3) is 4.24. The van der Waals surface area contributed by atoms with E-state index in [1.807, 2.05) is 12.1 Å². The fourth-order valence-corrected chi connectivity index (χ4v) is 3.36. The zero-order valence-corrected chi connectivity index (χ0v) is 14.8. The van der Waals surface area contributed by atoms with E-state index in [1.165, 1.54) is 9.25 Å². The van der Waals surface area contributed by atoms with E-state index in [0.29, 0.717) is 18.0 Å². The van der Waals surface area contributed by atoms with Gasteiger partial charge < -0.3 is 4.74 Å². The van der Waals surface area contributed by atoms with Crippen molar-refractivity contribution in [1.29, 1.82) is 0 Å². The molecule has 0 atom stereocenters. The first-order valence-corrected chi connectivity index (χ1v) is 9.28. The van der Waals surface area contributed by atoms with Gasteiger partial charge >= 0.3 is 5.69 Å². The maximum Gasteiger partial charge on any atom is 0.345 e. The molecule has 8 nitrogen and oxygen atoms in total. The number of aromatic nitrogens is 3. The van der Waals surface area contributed by atoms with Crippen molar-refractivity contribution in [3.63, 3.8) is 0 Å². The molecular weight excluding hydrogens is 332 g/mol. The molecule has 132 valence electrons. The van der Waals surface area contributed by atoms with Crippen LogP contribution < -0.4 is 15.1 Å². The molecule has 0 spiro atoms. The lowest BCUT2D eigenvalue weighted by molar-refractivity contribution is 0.415. The van der Waals surface area contributed by atoms with Gasteiger partial charge in [-0.05, 0) is 30.7 Å². The summed E-state index contributed by atoms with van der Waals surface area (Å²) >= 11 is 0. The zero-order chi connectivity index (χ0) is 17.7. The first-order chi connectivity index (χ1) is 11.4. The highest BCUT2D eigenvalue weighted by Gasteiger charge is 2.13. The van der Waals surface area contributed by atoms with Crippen molar-refractivity contribution < 1.29 is 13.2 Å². The Balaban J connectivity index is 2.14. The summed E-state index contributed by atoms with van der Waals surface area (Å²) < 4.78 is 33.5. The lowest BCUT2D eigenvalue weighted by Gasteiger charge is -2.04. The normalized spacial score (nSPS) is 11.6. The largest absolute Gasteiger partial charge is 0.497 e. The molecule has 0 aliphatic rings. The molecule has 2 rings (SSSR count). The van der Waals surface area contributed by atoms with E-state index in [1.54, 1.807) is 33.2 Å². The number of nitrogens with zero attached hydrogens (tertiary/aromatic N) is 3. The molecule has 24 heavy (non-hydrogen) atoms. The number of methoxy groups -OCH3 is 1. The standard InChI is InChI=1S/C15H22N4O4S/c1-4-11-24(21,22)16-9-10-19-15(20)18(2)14(17-19)12-5-7-13(23-3)8-6-12/h5-8,16H,4,9-11H2,1-3H3. The van der Waals surface area contributed by atoms with Crippen molar-refractivity contribution in [1.82, 2.24) is 19.1 Å². The van der Waals surface area contributed by atoms with Crippen molar-refractivity contribution in [2.24, 2.45) is 7.05 Å². The Morgan fingerprint density at radius 1 is 1.25 bits per heavy atom. The Labute approximate surface area is 141 Å². The number of rotatable bonds is 8. The van der Waals surface area contributed by atoms with Gasteiger partial charge in [-0.15, -0.1) is 5.10 Å². The Hall–Kier alpha value is -2.13. The minimum Gasteiger partial charge on any atom is -0.497 e. The second kappa shape index (κ2) is 7.63. The highest BCUT2D eigenvalue weighted by atomic mass is 32.2. The summed E-state index contributed by atoms with van der Waals surface area (Å²) in [6.07, 6.45) is 0.542. The number of ether oxygens (including phenoxy) is 1. The van der Waals surface area contributed by atoms with E-state index in [-0.39, 0.29) is 24.5 Å². The van der Waals surface area contributed by atoms with Crippen molar-refractivity contribution in [2.75, 3.05) is 19.4 Å². The van der Waals surface area contributed by atoms with Gasteiger partial charge in [0.05, 0.1) is 19.4 Å². The third-order valence-electron chi connectivity index (χ3n) is 3.51. The second-order valence-electron chi connectivity index (χ2n) is 5.33. The summed E-state index contributed by atoms with van der Waals surface area (Å²) in [6, 6.07) is 7.21. The minimum absolute atomic E-state index is 0.0707. The quantitative estimate of drug-likeness (QED) is 0.748. The molecule has 0 fully saturated rings. The lowest BCUT2D eigenvalue weighted by atomic mass is 10.2. The monoisotopic (exact) mass is 354 g/mol. The molecule has 1 aromatic heterocycles. The Morgan fingerprint density at radius 3 is 2.50 bits per heavy atom. The molecule has 1 heterocycles. The van der Waals surface area contributed by atoms with Gasteiger partial charge in [0.2, 0.25) is 10.0 Å². The molecule has 2 aromatic rings. The lowest BCUT2D eigenvalue weighted by Crippen LogP contribution is -2.32. The van der Waals surface area contributed by atoms with Gasteiger partial charge in [-0.1, -0.05) is 6.92 Å². The molecule has 0 bridgehead atoms. The molecular formula is C15H22N4O4S. The number of hydrogen-bond donors (Lipinski definition) is 1. The van der Waals surface area contributed by atoms with Gasteiger partial charge in [-0.25, -0.2) is 22.6 Å². The summed E-state index contributed by atoms with van der Waals surface area (Å²) in [5.74, 6) is 1.30. The van der Waals surface area contributed by atoms with Crippen LogP contribution in [0.2, 0.25) is 0 Å². The Morgan fingerprint density at radius 2 is 1.92 bits per heavy atom. The van der Waals surface area contributed by atoms with Crippen LogP contribution in [0.5, 0.6) is 5.75 Å². The number of sulfonamides is 1. The van der Waals surface area contributed by atoms with E-state index in [2.05, 4.69) is 9.82 Å². The fourth-order valence-electron chi connectivity index (χ4n) is 2.27. The minimum atomic E-state index is -3.29. The van der Waals surface area contributed by atoms with E-state index in [9.17, 15) is 13.2 Å². The summed E-state index contributed by atoms with van der Waals surface area (Å²) in [5, 5.41) is 4.29. The predicted molar refractivity (Wildman–Crippen MR) is 91.5 cm³/mol. The van der Waals surface area contributed by atoms with E-state index in [0.717, 1.165) is 5.56 Å². The molecule has 0 aliphatic carbocycles. The highest BCUT2D eigenvalue weighted by molar-refractivity contribution is 7.89. The van der Waals surface area contributed by atoms with Gasteiger partial charge in [0.25, 0.3) is 0 Å². The molecule has 0 saturated carbocycles. The topological polar surface area (TPSA) is 95.2 Å². The van der Waals surface area contributed by atoms with Crippen LogP contribution in [0.15, 0.2) is 29.1 Å². The van der Waals surface area contributed by atoms with Crippen LogP contribution in [-0.2, 0) is 23.6 Å². The number of benzene rings is 1. The Bertz CT molecular complexity index is 837. The molecule has 1 N–H and O–H groups in total. The summed E-state index contributed by atoms with van der Waals surface area (Å²) in [5.41, 5.74) is 0.483. The molecule has 0 unspecified atom stereocenters. The number of hydrogen-bond acceptors (Lipinski definition) is 5. The first kappa shape index (κ1) is 18.2. The maximum atomic E-state index is 12.2. The van der Waals surface area contributed by atoms with Crippen molar-refractivity contribution >= 4 is 10.0 Å². The summed E-state index contributed by atoms with van der Waals surface area (Å²) in [6.45, 7) is 2.09. The first-order valence-electron chi connectivity index (χ1n) is 7.63. The summed E-state index contributed by atoms with van der Waals surface area (Å²) in [4.78, 5) is 12.2. The zero-order valence-electron chi connectivity index (χ0n) is 14.0. The van der Waals surface area contributed by atoms with E-state index >= 15 is 0 Å². The summed E-state index contributed by atoms with van der Waals surface area (Å²) in [7, 11) is -0.0777. The SMILES string of the molecule is CCCS(=O)(=O)NCCn1nc(-c2ccc(OC)cc2)n(C)c1=O. The van der Waals surface area contributed by atoms with Crippen LogP contribution in [-0.4, -0.2) is 42.2 Å². The average Bonchev–Trinajstić information content (AvgIpc) is 2.83. The van der Waals surface area contributed by atoms with Crippen LogP contribution in [0.3, 0.4) is 0 Å².